The molecule has 0 bridgehead atoms. The van der Waals surface area contributed by atoms with Crippen molar-refractivity contribution in [2.75, 3.05) is 4.90 Å². The van der Waals surface area contributed by atoms with Crippen molar-refractivity contribution in [3.05, 3.63) is 54.9 Å². The number of anilines is 2. The molecule has 0 N–H and O–H groups in total. The van der Waals surface area contributed by atoms with Crippen molar-refractivity contribution >= 4 is 17.8 Å². The van der Waals surface area contributed by atoms with E-state index in [1.54, 1.807) is 29.4 Å². The van der Waals surface area contributed by atoms with Gasteiger partial charge >= 0.3 is 0 Å². The van der Waals surface area contributed by atoms with E-state index in [4.69, 9.17) is 0 Å². The van der Waals surface area contributed by atoms with Crippen LogP contribution in [0.4, 0.5) is 11.4 Å². The van der Waals surface area contributed by atoms with Crippen LogP contribution in [0.2, 0.25) is 0 Å². The van der Waals surface area contributed by atoms with Crippen molar-refractivity contribution in [1.82, 2.24) is 4.98 Å². The number of rotatable bonds is 3. The van der Waals surface area contributed by atoms with Crippen LogP contribution in [0.15, 0.2) is 54.9 Å². The van der Waals surface area contributed by atoms with Crippen LogP contribution in [0.25, 0.3) is 0 Å². The van der Waals surface area contributed by atoms with E-state index < -0.39 is 0 Å². The molecule has 0 unspecified atom stereocenters. The number of carbonyl (C=O) groups excluding carboxylic acids is 1. The molecule has 1 aromatic carbocycles. The highest BCUT2D eigenvalue weighted by Crippen LogP contribution is 2.21. The minimum absolute atomic E-state index is 0.796. The summed E-state index contributed by atoms with van der Waals surface area (Å²) in [5.41, 5.74) is 1.66. The lowest BCUT2D eigenvalue weighted by molar-refractivity contribution is -0.106. The van der Waals surface area contributed by atoms with Crippen LogP contribution in [0, 0.1) is 0 Å². The number of benzene rings is 1. The maximum absolute atomic E-state index is 11.0. The molecule has 0 saturated carbocycles. The molecule has 0 fully saturated rings. The molecule has 1 aromatic heterocycles. The summed E-state index contributed by atoms with van der Waals surface area (Å²) in [5.74, 6) is 0. The third-order valence-electron chi connectivity index (χ3n) is 2.08. The number of hydrogen-bond donors (Lipinski definition) is 0. The van der Waals surface area contributed by atoms with E-state index in [0.29, 0.717) is 0 Å². The second kappa shape index (κ2) is 4.37. The molecule has 1 heterocycles. The number of carbonyl (C=O) groups is 1. The number of amides is 1. The zero-order chi connectivity index (χ0) is 10.5. The van der Waals surface area contributed by atoms with Crippen molar-refractivity contribution in [1.29, 1.82) is 0 Å². The van der Waals surface area contributed by atoms with Crippen LogP contribution in [0.5, 0.6) is 0 Å². The van der Waals surface area contributed by atoms with E-state index in [2.05, 4.69) is 4.98 Å². The number of pyridine rings is 1. The van der Waals surface area contributed by atoms with Crippen molar-refractivity contribution in [2.24, 2.45) is 0 Å². The van der Waals surface area contributed by atoms with Gasteiger partial charge in [-0.3, -0.25) is 14.7 Å². The van der Waals surface area contributed by atoms with E-state index in [9.17, 15) is 4.79 Å². The molecule has 0 atom stereocenters. The van der Waals surface area contributed by atoms with Crippen LogP contribution in [0.1, 0.15) is 0 Å². The van der Waals surface area contributed by atoms with E-state index in [-0.39, 0.29) is 0 Å². The van der Waals surface area contributed by atoms with Gasteiger partial charge in [0.05, 0.1) is 5.69 Å². The molecule has 0 saturated heterocycles. The predicted molar refractivity (Wildman–Crippen MR) is 58.9 cm³/mol. The Morgan fingerprint density at radius 1 is 0.933 bits per heavy atom. The van der Waals surface area contributed by atoms with E-state index in [1.165, 1.54) is 0 Å². The van der Waals surface area contributed by atoms with Crippen molar-refractivity contribution in [3.8, 4) is 0 Å². The number of para-hydroxylation sites is 1. The standard InChI is InChI=1S/C12H10N2O/c15-10-14(11-4-2-1-3-5-11)12-6-8-13-9-7-12/h1-10H. The van der Waals surface area contributed by atoms with Gasteiger partial charge in [0.1, 0.15) is 0 Å². The Balaban J connectivity index is 2.38. The molecule has 0 aliphatic rings. The summed E-state index contributed by atoms with van der Waals surface area (Å²) in [6.07, 6.45) is 4.12. The highest BCUT2D eigenvalue weighted by Gasteiger charge is 2.05. The Hall–Kier alpha value is -2.16. The van der Waals surface area contributed by atoms with Gasteiger partial charge in [0, 0.05) is 18.1 Å². The number of hydrogen-bond acceptors (Lipinski definition) is 2. The van der Waals surface area contributed by atoms with Gasteiger partial charge in [-0.2, -0.15) is 0 Å². The Labute approximate surface area is 88.0 Å². The first-order valence-corrected chi connectivity index (χ1v) is 4.61. The van der Waals surface area contributed by atoms with Gasteiger partial charge in [0.15, 0.2) is 0 Å². The summed E-state index contributed by atoms with van der Waals surface area (Å²) < 4.78 is 0. The minimum atomic E-state index is 0.796. The van der Waals surface area contributed by atoms with Crippen molar-refractivity contribution in [2.45, 2.75) is 0 Å². The summed E-state index contributed by atoms with van der Waals surface area (Å²) >= 11 is 0. The zero-order valence-corrected chi connectivity index (χ0v) is 8.08. The van der Waals surface area contributed by atoms with Crippen LogP contribution < -0.4 is 4.90 Å². The SMILES string of the molecule is O=CN(c1ccccc1)c1ccncc1. The van der Waals surface area contributed by atoms with Gasteiger partial charge in [-0.05, 0) is 24.3 Å². The zero-order valence-electron chi connectivity index (χ0n) is 8.08. The van der Waals surface area contributed by atoms with Gasteiger partial charge in [0.25, 0.3) is 0 Å². The highest BCUT2D eigenvalue weighted by atomic mass is 16.1. The topological polar surface area (TPSA) is 33.2 Å². The lowest BCUT2D eigenvalue weighted by atomic mass is 10.2. The highest BCUT2D eigenvalue weighted by molar-refractivity contribution is 5.85. The molecule has 3 heteroatoms. The van der Waals surface area contributed by atoms with Crippen LogP contribution >= 0.6 is 0 Å². The molecular weight excluding hydrogens is 188 g/mol. The Morgan fingerprint density at radius 2 is 1.53 bits per heavy atom. The average molecular weight is 198 g/mol. The normalized spacial score (nSPS) is 9.60. The number of aromatic nitrogens is 1. The third-order valence-corrected chi connectivity index (χ3v) is 2.08. The molecule has 1 amide bonds. The quantitative estimate of drug-likeness (QED) is 0.709. The summed E-state index contributed by atoms with van der Waals surface area (Å²) in [6.45, 7) is 0. The molecule has 15 heavy (non-hydrogen) atoms. The van der Waals surface area contributed by atoms with Crippen molar-refractivity contribution < 1.29 is 4.79 Å². The Morgan fingerprint density at radius 3 is 2.13 bits per heavy atom. The summed E-state index contributed by atoms with van der Waals surface area (Å²) in [7, 11) is 0. The Kier molecular flexibility index (Phi) is 2.74. The summed E-state index contributed by atoms with van der Waals surface area (Å²) in [5, 5.41) is 0. The molecule has 0 radical (unpaired) electrons. The predicted octanol–water partition coefficient (Wildman–Crippen LogP) is 2.38. The van der Waals surface area contributed by atoms with Gasteiger partial charge in [-0.25, -0.2) is 0 Å². The summed E-state index contributed by atoms with van der Waals surface area (Å²) in [4.78, 5) is 16.5. The Bertz CT molecular complexity index is 388. The van der Waals surface area contributed by atoms with Crippen LogP contribution in [-0.4, -0.2) is 11.4 Å². The third kappa shape index (κ3) is 2.02. The molecule has 74 valence electrons. The minimum Gasteiger partial charge on any atom is -0.284 e. The molecule has 0 aliphatic heterocycles. The molecular formula is C12H10N2O. The van der Waals surface area contributed by atoms with Gasteiger partial charge in [0.2, 0.25) is 6.41 Å². The maximum Gasteiger partial charge on any atom is 0.218 e. The van der Waals surface area contributed by atoms with Gasteiger partial charge in [-0.15, -0.1) is 0 Å². The fourth-order valence-corrected chi connectivity index (χ4v) is 1.36. The van der Waals surface area contributed by atoms with Crippen LogP contribution in [-0.2, 0) is 4.79 Å². The second-order valence-electron chi connectivity index (χ2n) is 3.02. The van der Waals surface area contributed by atoms with E-state index in [0.717, 1.165) is 17.8 Å². The smallest absolute Gasteiger partial charge is 0.218 e. The van der Waals surface area contributed by atoms with Gasteiger partial charge < -0.3 is 0 Å². The molecule has 2 aromatic rings. The molecule has 2 rings (SSSR count). The summed E-state index contributed by atoms with van der Waals surface area (Å²) in [6, 6.07) is 13.1. The monoisotopic (exact) mass is 198 g/mol. The van der Waals surface area contributed by atoms with E-state index in [1.807, 2.05) is 30.3 Å². The lowest BCUT2D eigenvalue weighted by Gasteiger charge is -2.16. The molecule has 0 aliphatic carbocycles. The largest absolute Gasteiger partial charge is 0.284 e. The van der Waals surface area contributed by atoms with E-state index >= 15 is 0 Å². The second-order valence-corrected chi connectivity index (χ2v) is 3.02. The fourth-order valence-electron chi connectivity index (χ4n) is 1.36. The first-order valence-electron chi connectivity index (χ1n) is 4.61. The average Bonchev–Trinajstić information content (AvgIpc) is 2.33. The maximum atomic E-state index is 11.0. The first kappa shape index (κ1) is 9.40. The fraction of sp³-hybridized carbons (Fsp3) is 0. The lowest BCUT2D eigenvalue weighted by Crippen LogP contribution is -2.13. The molecule has 0 spiro atoms. The van der Waals surface area contributed by atoms with Gasteiger partial charge in [-0.1, -0.05) is 18.2 Å². The number of nitrogens with zero attached hydrogens (tertiary/aromatic N) is 2. The first-order chi connectivity index (χ1) is 7.42. The molecule has 3 nitrogen and oxygen atoms in total. The van der Waals surface area contributed by atoms with Crippen molar-refractivity contribution in [3.63, 3.8) is 0 Å². The van der Waals surface area contributed by atoms with Crippen LogP contribution in [0.3, 0.4) is 0 Å².